The van der Waals surface area contributed by atoms with Gasteiger partial charge in [-0.15, -0.1) is 0 Å². The molecule has 6 heteroatoms. The number of carbonyl (C=O) groups excluding carboxylic acids is 2. The summed E-state index contributed by atoms with van der Waals surface area (Å²) in [7, 11) is 0. The Labute approximate surface area is 176 Å². The van der Waals surface area contributed by atoms with Gasteiger partial charge in [-0.3, -0.25) is 0 Å². The first kappa shape index (κ1) is 22.6. The standard InChI is InChI=1S/C24H24N2O4/c1-5-29-21(27)23(15-25,19-11-7-17(3)8-12-19)24(16-26,22(28)30-6-2)20-13-9-18(4)10-14-20/h7-14H,5-6H2,1-4H3/t23-,24-/m1/s1. The van der Waals surface area contributed by atoms with Crippen LogP contribution in [0.2, 0.25) is 0 Å². The minimum Gasteiger partial charge on any atom is -0.464 e. The zero-order chi connectivity index (χ0) is 22.4. The Morgan fingerprint density at radius 3 is 1.27 bits per heavy atom. The van der Waals surface area contributed by atoms with Crippen molar-refractivity contribution in [2.45, 2.75) is 38.5 Å². The highest BCUT2D eigenvalue weighted by Crippen LogP contribution is 2.46. The lowest BCUT2D eigenvalue weighted by Crippen LogP contribution is -2.58. The van der Waals surface area contributed by atoms with Gasteiger partial charge in [0.15, 0.2) is 0 Å². The van der Waals surface area contributed by atoms with Gasteiger partial charge < -0.3 is 9.47 Å². The average Bonchev–Trinajstić information content (AvgIpc) is 2.74. The predicted molar refractivity (Wildman–Crippen MR) is 110 cm³/mol. The fourth-order valence-corrected chi connectivity index (χ4v) is 3.45. The van der Waals surface area contributed by atoms with E-state index in [1.54, 1.807) is 62.4 Å². The fourth-order valence-electron chi connectivity index (χ4n) is 3.45. The molecule has 2 rings (SSSR count). The van der Waals surface area contributed by atoms with Crippen molar-refractivity contribution in [3.05, 3.63) is 70.8 Å². The van der Waals surface area contributed by atoms with E-state index in [9.17, 15) is 20.1 Å². The molecule has 2 aromatic rings. The van der Waals surface area contributed by atoms with Crippen molar-refractivity contribution in [2.75, 3.05) is 13.2 Å². The van der Waals surface area contributed by atoms with Gasteiger partial charge in [0.25, 0.3) is 0 Å². The molecule has 0 spiro atoms. The molecule has 0 fully saturated rings. The summed E-state index contributed by atoms with van der Waals surface area (Å²) in [4.78, 5) is 26.7. The van der Waals surface area contributed by atoms with Gasteiger partial charge in [-0.1, -0.05) is 59.7 Å². The van der Waals surface area contributed by atoms with Gasteiger partial charge in [0.1, 0.15) is 0 Å². The number of ether oxygens (including phenoxy) is 2. The predicted octanol–water partition coefficient (Wildman–Crippen LogP) is 3.65. The summed E-state index contributed by atoms with van der Waals surface area (Å²) >= 11 is 0. The second-order valence-electron chi connectivity index (χ2n) is 6.90. The first-order valence-corrected chi connectivity index (χ1v) is 9.65. The van der Waals surface area contributed by atoms with E-state index >= 15 is 0 Å². The monoisotopic (exact) mass is 404 g/mol. The fraction of sp³-hybridized carbons (Fsp3) is 0.333. The van der Waals surface area contributed by atoms with Gasteiger partial charge in [0, 0.05) is 0 Å². The van der Waals surface area contributed by atoms with E-state index in [4.69, 9.17) is 9.47 Å². The third-order valence-electron chi connectivity index (χ3n) is 5.03. The molecule has 2 atom stereocenters. The Bertz CT molecular complexity index is 916. The van der Waals surface area contributed by atoms with Crippen molar-refractivity contribution in [3.63, 3.8) is 0 Å². The maximum absolute atomic E-state index is 13.3. The molecule has 0 saturated carbocycles. The number of carbonyl (C=O) groups is 2. The molecule has 0 saturated heterocycles. The number of nitrogens with zero attached hydrogens (tertiary/aromatic N) is 2. The van der Waals surface area contributed by atoms with E-state index in [1.807, 2.05) is 26.0 Å². The van der Waals surface area contributed by atoms with Crippen molar-refractivity contribution in [2.24, 2.45) is 0 Å². The number of benzene rings is 2. The summed E-state index contributed by atoms with van der Waals surface area (Å²) in [5.41, 5.74) is -2.39. The first-order valence-electron chi connectivity index (χ1n) is 9.65. The molecule has 2 aromatic carbocycles. The van der Waals surface area contributed by atoms with Crippen molar-refractivity contribution >= 4 is 11.9 Å². The molecule has 0 radical (unpaired) electrons. The van der Waals surface area contributed by atoms with Crippen LogP contribution in [0.1, 0.15) is 36.1 Å². The van der Waals surface area contributed by atoms with Crippen molar-refractivity contribution in [1.29, 1.82) is 10.5 Å². The quantitative estimate of drug-likeness (QED) is 0.653. The first-order chi connectivity index (χ1) is 14.3. The SMILES string of the molecule is CCOC(=O)[C@@](C#N)(c1ccc(C)cc1)[C@@](C#N)(C(=O)OCC)c1ccc(C)cc1. The van der Waals surface area contributed by atoms with Crippen LogP contribution in [-0.4, -0.2) is 25.2 Å². The zero-order valence-corrected chi connectivity index (χ0v) is 17.6. The Balaban J connectivity index is 3.01. The van der Waals surface area contributed by atoms with Gasteiger partial charge in [0.2, 0.25) is 10.8 Å². The van der Waals surface area contributed by atoms with Gasteiger partial charge >= 0.3 is 11.9 Å². The second kappa shape index (κ2) is 9.24. The second-order valence-corrected chi connectivity index (χ2v) is 6.90. The summed E-state index contributed by atoms with van der Waals surface area (Å²) < 4.78 is 10.5. The van der Waals surface area contributed by atoms with Crippen LogP contribution in [0.4, 0.5) is 0 Å². The molecule has 0 unspecified atom stereocenters. The number of aryl methyl sites for hydroxylation is 2. The molecule has 0 aromatic heterocycles. The molecule has 6 nitrogen and oxygen atoms in total. The molecular formula is C24H24N2O4. The third kappa shape index (κ3) is 3.53. The smallest absolute Gasteiger partial charge is 0.333 e. The number of hydrogen-bond donors (Lipinski definition) is 0. The number of hydrogen-bond acceptors (Lipinski definition) is 6. The molecule has 30 heavy (non-hydrogen) atoms. The maximum atomic E-state index is 13.3. The molecule has 0 N–H and O–H groups in total. The van der Waals surface area contributed by atoms with E-state index in [0.29, 0.717) is 0 Å². The van der Waals surface area contributed by atoms with E-state index in [1.165, 1.54) is 0 Å². The topological polar surface area (TPSA) is 100 Å². The average molecular weight is 404 g/mol. The lowest BCUT2D eigenvalue weighted by atomic mass is 9.57. The minimum atomic E-state index is -2.27. The van der Waals surface area contributed by atoms with Crippen LogP contribution in [0.5, 0.6) is 0 Å². The number of rotatable bonds is 7. The number of esters is 2. The summed E-state index contributed by atoms with van der Waals surface area (Å²) in [6.45, 7) is 6.85. The van der Waals surface area contributed by atoms with Gasteiger partial charge in [0.05, 0.1) is 25.4 Å². The van der Waals surface area contributed by atoms with Crippen molar-refractivity contribution in [3.8, 4) is 12.1 Å². The summed E-state index contributed by atoms with van der Waals surface area (Å²) in [6, 6.07) is 17.1. The molecule has 154 valence electrons. The van der Waals surface area contributed by atoms with E-state index < -0.39 is 22.8 Å². The van der Waals surface area contributed by atoms with Crippen molar-refractivity contribution < 1.29 is 19.1 Å². The summed E-state index contributed by atoms with van der Waals surface area (Å²) in [6.07, 6.45) is 0. The largest absolute Gasteiger partial charge is 0.464 e. The van der Waals surface area contributed by atoms with Crippen LogP contribution in [0.15, 0.2) is 48.5 Å². The molecular weight excluding hydrogens is 380 g/mol. The molecule has 0 amide bonds. The maximum Gasteiger partial charge on any atom is 0.333 e. The Morgan fingerprint density at radius 2 is 1.03 bits per heavy atom. The normalized spacial score (nSPS) is 14.3. The third-order valence-corrected chi connectivity index (χ3v) is 5.03. The van der Waals surface area contributed by atoms with Gasteiger partial charge in [-0.2, -0.15) is 10.5 Å². The molecule has 0 heterocycles. The number of nitriles is 2. The van der Waals surface area contributed by atoms with E-state index in [2.05, 4.69) is 0 Å². The van der Waals surface area contributed by atoms with Gasteiger partial charge in [-0.05, 0) is 38.8 Å². The zero-order valence-electron chi connectivity index (χ0n) is 17.6. The molecule has 0 aliphatic carbocycles. The molecule has 0 bridgehead atoms. The lowest BCUT2D eigenvalue weighted by molar-refractivity contribution is -0.160. The Hall–Kier alpha value is -3.64. The van der Waals surface area contributed by atoms with Crippen LogP contribution in [0, 0.1) is 36.5 Å². The van der Waals surface area contributed by atoms with Crippen LogP contribution in [0.25, 0.3) is 0 Å². The van der Waals surface area contributed by atoms with Crippen LogP contribution < -0.4 is 0 Å². The van der Waals surface area contributed by atoms with E-state index in [0.717, 1.165) is 11.1 Å². The highest BCUT2D eigenvalue weighted by atomic mass is 16.5. The highest BCUT2D eigenvalue weighted by Gasteiger charge is 2.67. The Morgan fingerprint density at radius 1 is 0.733 bits per heavy atom. The summed E-state index contributed by atoms with van der Waals surface area (Å²) in [5.74, 6) is -1.96. The van der Waals surface area contributed by atoms with Crippen molar-refractivity contribution in [1.82, 2.24) is 0 Å². The van der Waals surface area contributed by atoms with Gasteiger partial charge in [-0.25, -0.2) is 9.59 Å². The molecule has 0 aliphatic heterocycles. The minimum absolute atomic E-state index is 0.0215. The van der Waals surface area contributed by atoms with E-state index in [-0.39, 0.29) is 24.3 Å². The molecule has 0 aliphatic rings. The van der Waals surface area contributed by atoms with Crippen LogP contribution >= 0.6 is 0 Å². The van der Waals surface area contributed by atoms with Crippen LogP contribution in [-0.2, 0) is 29.9 Å². The summed E-state index contributed by atoms with van der Waals surface area (Å²) in [5, 5.41) is 20.8. The highest BCUT2D eigenvalue weighted by molar-refractivity contribution is 6.02. The lowest BCUT2D eigenvalue weighted by Gasteiger charge is -2.38. The van der Waals surface area contributed by atoms with Crippen LogP contribution in [0.3, 0.4) is 0 Å². The Kier molecular flexibility index (Phi) is 6.97.